The zero-order valence-electron chi connectivity index (χ0n) is 19.2. The van der Waals surface area contributed by atoms with Crippen LogP contribution in [0, 0.1) is 5.82 Å². The molecular formula is C27H32FNO4. The maximum atomic E-state index is 13.7. The number of pyridine rings is 1. The number of carboxylic acids is 1. The Kier molecular flexibility index (Phi) is 8.16. The van der Waals surface area contributed by atoms with Crippen molar-refractivity contribution in [1.82, 2.24) is 4.98 Å². The molecule has 2 aromatic rings. The van der Waals surface area contributed by atoms with Gasteiger partial charge in [-0.1, -0.05) is 44.7 Å². The second kappa shape index (κ2) is 10.9. The molecule has 0 aliphatic heterocycles. The molecule has 33 heavy (non-hydrogen) atoms. The van der Waals surface area contributed by atoms with E-state index in [1.54, 1.807) is 24.3 Å². The van der Waals surface area contributed by atoms with E-state index in [-0.39, 0.29) is 18.2 Å². The summed E-state index contributed by atoms with van der Waals surface area (Å²) in [6, 6.07) is 6.39. The van der Waals surface area contributed by atoms with Gasteiger partial charge in [0.05, 0.1) is 30.0 Å². The van der Waals surface area contributed by atoms with Gasteiger partial charge in [0.2, 0.25) is 0 Å². The first-order valence-electron chi connectivity index (χ1n) is 11.4. The van der Waals surface area contributed by atoms with Crippen molar-refractivity contribution in [3.8, 4) is 11.1 Å². The molecule has 0 bridgehead atoms. The van der Waals surface area contributed by atoms with Crippen molar-refractivity contribution < 1.29 is 24.5 Å². The van der Waals surface area contributed by atoms with Gasteiger partial charge in [-0.3, -0.25) is 9.78 Å². The summed E-state index contributed by atoms with van der Waals surface area (Å²) < 4.78 is 13.7. The summed E-state index contributed by atoms with van der Waals surface area (Å²) in [6.45, 7) is 8.37. The van der Waals surface area contributed by atoms with Gasteiger partial charge >= 0.3 is 5.97 Å². The monoisotopic (exact) mass is 453 g/mol. The van der Waals surface area contributed by atoms with E-state index < -0.39 is 24.6 Å². The number of hydrogen-bond donors (Lipinski definition) is 3. The molecule has 0 fully saturated rings. The molecule has 6 heteroatoms. The fourth-order valence-electron chi connectivity index (χ4n) is 4.36. The summed E-state index contributed by atoms with van der Waals surface area (Å²) in [4.78, 5) is 15.8. The number of aromatic nitrogens is 1. The fourth-order valence-corrected chi connectivity index (χ4v) is 4.36. The molecule has 0 unspecified atom stereocenters. The number of aliphatic carboxylic acids is 1. The van der Waals surface area contributed by atoms with E-state index in [0.717, 1.165) is 64.9 Å². The van der Waals surface area contributed by atoms with Crippen molar-refractivity contribution in [3.63, 3.8) is 0 Å². The Morgan fingerprint density at radius 3 is 2.48 bits per heavy atom. The number of fused-ring (bicyclic) bond motifs is 1. The summed E-state index contributed by atoms with van der Waals surface area (Å²) in [6.07, 6.45) is 4.43. The highest BCUT2D eigenvalue weighted by Crippen LogP contribution is 2.40. The number of halogens is 1. The molecule has 176 valence electrons. The lowest BCUT2D eigenvalue weighted by atomic mass is 9.87. The molecular weight excluding hydrogens is 421 g/mol. The smallest absolute Gasteiger partial charge is 0.305 e. The molecule has 3 rings (SSSR count). The van der Waals surface area contributed by atoms with Crippen molar-refractivity contribution >= 4 is 17.6 Å². The number of carbonyl (C=O) groups is 1. The van der Waals surface area contributed by atoms with E-state index in [0.29, 0.717) is 0 Å². The quantitative estimate of drug-likeness (QED) is 0.469. The van der Waals surface area contributed by atoms with E-state index in [1.807, 2.05) is 13.8 Å². The molecule has 1 aliphatic carbocycles. The van der Waals surface area contributed by atoms with E-state index in [2.05, 4.69) is 6.58 Å². The summed E-state index contributed by atoms with van der Waals surface area (Å²) >= 11 is 0. The van der Waals surface area contributed by atoms with Crippen molar-refractivity contribution in [2.75, 3.05) is 0 Å². The lowest BCUT2D eigenvalue weighted by molar-refractivity contribution is -0.139. The van der Waals surface area contributed by atoms with Gasteiger partial charge in [-0.2, -0.15) is 0 Å². The fraction of sp³-hybridized carbons (Fsp3) is 0.407. The highest BCUT2D eigenvalue weighted by Gasteiger charge is 2.24. The molecule has 0 spiro atoms. The third-order valence-corrected chi connectivity index (χ3v) is 5.94. The van der Waals surface area contributed by atoms with Gasteiger partial charge in [0.25, 0.3) is 0 Å². The Balaban J connectivity index is 2.14. The lowest BCUT2D eigenvalue weighted by Gasteiger charge is -2.22. The van der Waals surface area contributed by atoms with Gasteiger partial charge in [-0.25, -0.2) is 4.39 Å². The van der Waals surface area contributed by atoms with Gasteiger partial charge in [-0.05, 0) is 66.0 Å². The number of benzene rings is 1. The average Bonchev–Trinajstić information content (AvgIpc) is 2.92. The summed E-state index contributed by atoms with van der Waals surface area (Å²) in [7, 11) is 0. The van der Waals surface area contributed by atoms with Crippen LogP contribution in [-0.2, 0) is 11.2 Å². The topological polar surface area (TPSA) is 90.7 Å². The molecule has 0 radical (unpaired) electrons. The molecule has 5 nitrogen and oxygen atoms in total. The molecule has 0 saturated carbocycles. The van der Waals surface area contributed by atoms with Crippen molar-refractivity contribution in [2.45, 2.75) is 70.5 Å². The van der Waals surface area contributed by atoms with Gasteiger partial charge < -0.3 is 15.3 Å². The number of hydrogen-bond acceptors (Lipinski definition) is 4. The second-order valence-electron chi connectivity index (χ2n) is 9.00. The normalized spacial score (nSPS) is 16.0. The SMILES string of the molecule is C=C1CCCCc2c1nc(C(C)C)c(/C=C/[C@@H](O)C[C@@H](O)CC(=O)O)c2-c1ccc(F)cc1. The van der Waals surface area contributed by atoms with Crippen LogP contribution in [0.1, 0.15) is 74.4 Å². The predicted molar refractivity (Wildman–Crippen MR) is 128 cm³/mol. The molecule has 1 aromatic carbocycles. The van der Waals surface area contributed by atoms with Crippen LogP contribution in [0.3, 0.4) is 0 Å². The van der Waals surface area contributed by atoms with E-state index in [4.69, 9.17) is 10.1 Å². The molecule has 0 saturated heterocycles. The summed E-state index contributed by atoms with van der Waals surface area (Å²) in [5.41, 5.74) is 6.51. The maximum absolute atomic E-state index is 13.7. The second-order valence-corrected chi connectivity index (χ2v) is 9.00. The summed E-state index contributed by atoms with van der Waals surface area (Å²) in [5.74, 6) is -1.35. The van der Waals surface area contributed by atoms with Crippen LogP contribution in [0.2, 0.25) is 0 Å². The van der Waals surface area contributed by atoms with Gasteiger partial charge in [0.1, 0.15) is 5.82 Å². The summed E-state index contributed by atoms with van der Waals surface area (Å²) in [5, 5.41) is 29.1. The number of nitrogens with zero attached hydrogens (tertiary/aromatic N) is 1. The number of aliphatic hydroxyl groups is 2. The molecule has 1 heterocycles. The number of aliphatic hydroxyl groups excluding tert-OH is 2. The van der Waals surface area contributed by atoms with Gasteiger partial charge in [-0.15, -0.1) is 0 Å². The van der Waals surface area contributed by atoms with Crippen LogP contribution >= 0.6 is 0 Å². The minimum atomic E-state index is -1.14. The number of carboxylic acid groups (broad SMARTS) is 1. The molecule has 0 amide bonds. The first-order chi connectivity index (χ1) is 15.7. The molecule has 2 atom stereocenters. The Hall–Kier alpha value is -2.83. The predicted octanol–water partition coefficient (Wildman–Crippen LogP) is 5.35. The standard InChI is InChI=1S/C27H32FNO4/c1-16(2)26-23(13-12-20(30)14-21(31)15-24(32)33)25(18-8-10-19(28)11-9-18)22-7-5-4-6-17(3)27(22)29-26/h8-13,16,20-21,30-31H,3-7,14-15H2,1-2H3,(H,32,33)/b13-12+/t20-,21-/m1/s1. The van der Waals surface area contributed by atoms with Crippen molar-refractivity contribution in [1.29, 1.82) is 0 Å². The van der Waals surface area contributed by atoms with E-state index in [9.17, 15) is 19.4 Å². The minimum absolute atomic E-state index is 0.0825. The maximum Gasteiger partial charge on any atom is 0.305 e. The van der Waals surface area contributed by atoms with Crippen LogP contribution < -0.4 is 0 Å². The van der Waals surface area contributed by atoms with Crippen molar-refractivity contribution in [3.05, 3.63) is 65.3 Å². The van der Waals surface area contributed by atoms with Crippen LogP contribution in [-0.4, -0.2) is 38.5 Å². The zero-order valence-corrected chi connectivity index (χ0v) is 19.2. The van der Waals surface area contributed by atoms with Crippen LogP contribution in [0.4, 0.5) is 4.39 Å². The Morgan fingerprint density at radius 2 is 1.85 bits per heavy atom. The highest BCUT2D eigenvalue weighted by atomic mass is 19.1. The first-order valence-corrected chi connectivity index (χ1v) is 11.4. The van der Waals surface area contributed by atoms with Gasteiger partial charge in [0, 0.05) is 12.0 Å². The van der Waals surface area contributed by atoms with E-state index >= 15 is 0 Å². The number of rotatable bonds is 8. The largest absolute Gasteiger partial charge is 0.481 e. The van der Waals surface area contributed by atoms with E-state index in [1.165, 1.54) is 12.1 Å². The first kappa shape index (κ1) is 24.8. The zero-order chi connectivity index (χ0) is 24.1. The molecule has 1 aliphatic rings. The molecule has 3 N–H and O–H groups in total. The minimum Gasteiger partial charge on any atom is -0.481 e. The van der Waals surface area contributed by atoms with Crippen LogP contribution in [0.25, 0.3) is 22.8 Å². The van der Waals surface area contributed by atoms with Crippen LogP contribution in [0.15, 0.2) is 36.9 Å². The highest BCUT2D eigenvalue weighted by molar-refractivity contribution is 5.84. The third kappa shape index (κ3) is 6.15. The Labute approximate surface area is 194 Å². The average molecular weight is 454 g/mol. The van der Waals surface area contributed by atoms with Crippen molar-refractivity contribution in [2.24, 2.45) is 0 Å². The Morgan fingerprint density at radius 1 is 1.18 bits per heavy atom. The third-order valence-electron chi connectivity index (χ3n) is 5.94. The lowest BCUT2D eigenvalue weighted by Crippen LogP contribution is -2.19. The van der Waals surface area contributed by atoms with Gasteiger partial charge in [0.15, 0.2) is 0 Å². The van der Waals surface area contributed by atoms with Crippen LogP contribution in [0.5, 0.6) is 0 Å². The molecule has 1 aromatic heterocycles. The Bertz CT molecular complexity index is 1040. The number of allylic oxidation sites excluding steroid dienone is 1.